The van der Waals surface area contributed by atoms with E-state index in [9.17, 15) is 4.79 Å². The topological polar surface area (TPSA) is 46.9 Å². The van der Waals surface area contributed by atoms with E-state index in [-0.39, 0.29) is 18.0 Å². The Labute approximate surface area is 119 Å². The highest BCUT2D eigenvalue weighted by Gasteiger charge is 2.16. The van der Waals surface area contributed by atoms with Gasteiger partial charge < -0.3 is 9.88 Å². The minimum Gasteiger partial charge on any atom is -0.352 e. The fourth-order valence-electron chi connectivity index (χ4n) is 2.22. The van der Waals surface area contributed by atoms with Crippen molar-refractivity contribution in [1.29, 1.82) is 0 Å². The molecule has 1 aromatic heterocycles. The number of aryl methyl sites for hydroxylation is 1. The van der Waals surface area contributed by atoms with Gasteiger partial charge >= 0.3 is 0 Å². The van der Waals surface area contributed by atoms with Gasteiger partial charge in [0.15, 0.2) is 0 Å². The third kappa shape index (κ3) is 3.47. The first-order valence-electron chi connectivity index (χ1n) is 6.90. The number of rotatable bonds is 5. The SMILES string of the molecule is Cc1ccccc1C[C@H](C)NC(=O)[C@@H](C)n1ccnc1. The molecule has 0 saturated carbocycles. The van der Waals surface area contributed by atoms with Crippen LogP contribution in [0.3, 0.4) is 0 Å². The molecule has 0 radical (unpaired) electrons. The molecule has 0 aliphatic carbocycles. The molecule has 4 nitrogen and oxygen atoms in total. The van der Waals surface area contributed by atoms with E-state index in [2.05, 4.69) is 29.4 Å². The molecule has 4 heteroatoms. The number of hydrogen-bond donors (Lipinski definition) is 1. The van der Waals surface area contributed by atoms with Crippen molar-refractivity contribution >= 4 is 5.91 Å². The zero-order chi connectivity index (χ0) is 14.5. The molecule has 2 aromatic rings. The van der Waals surface area contributed by atoms with Crippen LogP contribution in [0.25, 0.3) is 0 Å². The zero-order valence-electron chi connectivity index (χ0n) is 12.2. The van der Waals surface area contributed by atoms with Crippen LogP contribution in [0, 0.1) is 6.92 Å². The molecule has 1 heterocycles. The third-order valence-electron chi connectivity index (χ3n) is 3.53. The minimum absolute atomic E-state index is 0.0177. The van der Waals surface area contributed by atoms with E-state index in [0.29, 0.717) is 0 Å². The highest BCUT2D eigenvalue weighted by Crippen LogP contribution is 2.11. The predicted molar refractivity (Wildman–Crippen MR) is 79.4 cm³/mol. The molecule has 0 bridgehead atoms. The van der Waals surface area contributed by atoms with Gasteiger partial charge in [0.2, 0.25) is 5.91 Å². The number of nitrogens with zero attached hydrogens (tertiary/aromatic N) is 2. The highest BCUT2D eigenvalue weighted by atomic mass is 16.2. The second-order valence-corrected chi connectivity index (χ2v) is 5.23. The maximum Gasteiger partial charge on any atom is 0.243 e. The van der Waals surface area contributed by atoms with Gasteiger partial charge in [-0.3, -0.25) is 4.79 Å². The van der Waals surface area contributed by atoms with Gasteiger partial charge in [-0.15, -0.1) is 0 Å². The summed E-state index contributed by atoms with van der Waals surface area (Å²) in [6.07, 6.45) is 5.99. The van der Waals surface area contributed by atoms with E-state index in [1.165, 1.54) is 11.1 Å². The van der Waals surface area contributed by atoms with E-state index in [4.69, 9.17) is 0 Å². The van der Waals surface area contributed by atoms with Crippen LogP contribution in [-0.4, -0.2) is 21.5 Å². The van der Waals surface area contributed by atoms with Crippen LogP contribution in [0.1, 0.15) is 31.0 Å². The Morgan fingerprint density at radius 1 is 1.35 bits per heavy atom. The van der Waals surface area contributed by atoms with Crippen LogP contribution in [-0.2, 0) is 11.2 Å². The van der Waals surface area contributed by atoms with Crippen molar-refractivity contribution in [1.82, 2.24) is 14.9 Å². The van der Waals surface area contributed by atoms with Gasteiger partial charge in [-0.1, -0.05) is 24.3 Å². The van der Waals surface area contributed by atoms with Gasteiger partial charge in [-0.2, -0.15) is 0 Å². The number of amides is 1. The number of aromatic nitrogens is 2. The summed E-state index contributed by atoms with van der Waals surface area (Å²) in [4.78, 5) is 16.1. The van der Waals surface area contributed by atoms with Crippen molar-refractivity contribution < 1.29 is 4.79 Å². The van der Waals surface area contributed by atoms with Gasteiger partial charge in [-0.05, 0) is 38.3 Å². The van der Waals surface area contributed by atoms with Crippen molar-refractivity contribution in [2.24, 2.45) is 0 Å². The molecule has 1 N–H and O–H groups in total. The Bertz CT molecular complexity index is 563. The number of carbonyl (C=O) groups is 1. The molecule has 20 heavy (non-hydrogen) atoms. The van der Waals surface area contributed by atoms with Crippen LogP contribution < -0.4 is 5.32 Å². The zero-order valence-corrected chi connectivity index (χ0v) is 12.2. The smallest absolute Gasteiger partial charge is 0.243 e. The molecule has 0 spiro atoms. The average molecular weight is 271 g/mol. The van der Waals surface area contributed by atoms with Crippen molar-refractivity contribution in [2.75, 3.05) is 0 Å². The van der Waals surface area contributed by atoms with Gasteiger partial charge in [0.1, 0.15) is 6.04 Å². The van der Waals surface area contributed by atoms with E-state index < -0.39 is 0 Å². The van der Waals surface area contributed by atoms with Crippen LogP contribution in [0.2, 0.25) is 0 Å². The molecule has 2 atom stereocenters. The highest BCUT2D eigenvalue weighted by molar-refractivity contribution is 5.80. The fourth-order valence-corrected chi connectivity index (χ4v) is 2.22. The molecule has 0 saturated heterocycles. The summed E-state index contributed by atoms with van der Waals surface area (Å²) in [5, 5.41) is 3.06. The number of hydrogen-bond acceptors (Lipinski definition) is 2. The lowest BCUT2D eigenvalue weighted by Gasteiger charge is -2.19. The molecule has 2 rings (SSSR count). The van der Waals surface area contributed by atoms with E-state index in [1.807, 2.05) is 26.0 Å². The Balaban J connectivity index is 1.93. The average Bonchev–Trinajstić information content (AvgIpc) is 2.94. The summed E-state index contributed by atoms with van der Waals surface area (Å²) in [5.41, 5.74) is 2.53. The van der Waals surface area contributed by atoms with Gasteiger partial charge in [0.05, 0.1) is 6.33 Å². The number of imidazole rings is 1. The van der Waals surface area contributed by atoms with Gasteiger partial charge in [-0.25, -0.2) is 4.98 Å². The molecule has 106 valence electrons. The van der Waals surface area contributed by atoms with Crippen LogP contribution in [0.4, 0.5) is 0 Å². The lowest BCUT2D eigenvalue weighted by molar-refractivity contribution is -0.124. The number of nitrogens with one attached hydrogen (secondary N) is 1. The molecule has 0 fully saturated rings. The van der Waals surface area contributed by atoms with Gasteiger partial charge in [0, 0.05) is 18.4 Å². The minimum atomic E-state index is -0.239. The normalized spacial score (nSPS) is 13.8. The molecular formula is C16H21N3O. The van der Waals surface area contributed by atoms with Crippen molar-refractivity contribution in [3.63, 3.8) is 0 Å². The first-order chi connectivity index (χ1) is 9.58. The summed E-state index contributed by atoms with van der Waals surface area (Å²) < 4.78 is 1.80. The third-order valence-corrected chi connectivity index (χ3v) is 3.53. The summed E-state index contributed by atoms with van der Waals surface area (Å²) in [6.45, 7) is 6.00. The maximum absolute atomic E-state index is 12.2. The lowest BCUT2D eigenvalue weighted by atomic mass is 10.0. The number of carbonyl (C=O) groups excluding carboxylic acids is 1. The molecule has 0 unspecified atom stereocenters. The monoisotopic (exact) mass is 271 g/mol. The standard InChI is InChI=1S/C16H21N3O/c1-12-6-4-5-7-15(12)10-13(2)18-16(20)14(3)19-9-8-17-11-19/h4-9,11,13-14H,10H2,1-3H3,(H,18,20)/t13-,14+/m0/s1. The lowest BCUT2D eigenvalue weighted by Crippen LogP contribution is -2.38. The van der Waals surface area contributed by atoms with E-state index in [0.717, 1.165) is 6.42 Å². The van der Waals surface area contributed by atoms with Crippen molar-refractivity contribution in [2.45, 2.75) is 39.3 Å². The van der Waals surface area contributed by atoms with Gasteiger partial charge in [0.25, 0.3) is 0 Å². The Morgan fingerprint density at radius 2 is 2.10 bits per heavy atom. The van der Waals surface area contributed by atoms with E-state index >= 15 is 0 Å². The predicted octanol–water partition coefficient (Wildman–Crippen LogP) is 2.50. The van der Waals surface area contributed by atoms with Crippen LogP contribution in [0.5, 0.6) is 0 Å². The summed E-state index contributed by atoms with van der Waals surface area (Å²) >= 11 is 0. The first-order valence-corrected chi connectivity index (χ1v) is 6.90. The summed E-state index contributed by atoms with van der Waals surface area (Å²) in [5.74, 6) is 0.0177. The van der Waals surface area contributed by atoms with E-state index in [1.54, 1.807) is 23.3 Å². The second kappa shape index (κ2) is 6.37. The van der Waals surface area contributed by atoms with Crippen molar-refractivity contribution in [3.8, 4) is 0 Å². The molecular weight excluding hydrogens is 250 g/mol. The summed E-state index contributed by atoms with van der Waals surface area (Å²) in [6, 6.07) is 8.13. The molecule has 1 amide bonds. The molecule has 0 aliphatic rings. The Hall–Kier alpha value is -2.10. The van der Waals surface area contributed by atoms with Crippen LogP contribution >= 0.6 is 0 Å². The summed E-state index contributed by atoms with van der Waals surface area (Å²) in [7, 11) is 0. The number of benzene rings is 1. The Morgan fingerprint density at radius 3 is 2.75 bits per heavy atom. The second-order valence-electron chi connectivity index (χ2n) is 5.23. The molecule has 1 aromatic carbocycles. The molecule has 0 aliphatic heterocycles. The fraction of sp³-hybridized carbons (Fsp3) is 0.375. The van der Waals surface area contributed by atoms with Crippen molar-refractivity contribution in [3.05, 3.63) is 54.1 Å². The quantitative estimate of drug-likeness (QED) is 0.908. The maximum atomic E-state index is 12.2. The van der Waals surface area contributed by atoms with Crippen LogP contribution in [0.15, 0.2) is 43.0 Å². The first kappa shape index (κ1) is 14.3. The largest absolute Gasteiger partial charge is 0.352 e. The Kier molecular flexibility index (Phi) is 4.56.